The third-order valence-corrected chi connectivity index (χ3v) is 5.05. The molecule has 0 fully saturated rings. The summed E-state index contributed by atoms with van der Waals surface area (Å²) < 4.78 is 1.66. The minimum Gasteiger partial charge on any atom is -0.298 e. The number of benzene rings is 2. The summed E-state index contributed by atoms with van der Waals surface area (Å²) in [7, 11) is 0. The molecule has 0 aliphatic heterocycles. The zero-order valence-corrected chi connectivity index (χ0v) is 15.6. The topological polar surface area (TPSA) is 83.6 Å². The molecular weight excluding hydrogens is 370 g/mol. The molecule has 0 spiro atoms. The number of carbonyl (C=O) groups is 1. The number of rotatable bonds is 5. The van der Waals surface area contributed by atoms with Gasteiger partial charge in [0, 0.05) is 29.9 Å². The summed E-state index contributed by atoms with van der Waals surface area (Å²) >= 11 is 1.43. The first-order valence-electron chi connectivity index (χ1n) is 8.57. The molecule has 4 rings (SSSR count). The monoisotopic (exact) mass is 385 g/mol. The predicted octanol–water partition coefficient (Wildman–Crippen LogP) is 4.04. The quantitative estimate of drug-likeness (QED) is 0.562. The van der Waals surface area contributed by atoms with E-state index in [2.05, 4.69) is 21.5 Å². The van der Waals surface area contributed by atoms with E-state index in [9.17, 15) is 4.79 Å². The van der Waals surface area contributed by atoms with Gasteiger partial charge in [0.15, 0.2) is 5.13 Å². The minimum atomic E-state index is -0.231. The zero-order valence-electron chi connectivity index (χ0n) is 14.7. The van der Waals surface area contributed by atoms with E-state index in [1.807, 2.05) is 36.4 Å². The molecule has 2 aromatic heterocycles. The van der Waals surface area contributed by atoms with Crippen molar-refractivity contribution in [3.8, 4) is 11.8 Å². The van der Waals surface area contributed by atoms with Crippen LogP contribution < -0.4 is 5.32 Å². The third-order valence-electron chi connectivity index (χ3n) is 4.14. The Morgan fingerprint density at radius 3 is 2.71 bits per heavy atom. The van der Waals surface area contributed by atoms with Gasteiger partial charge in [0.1, 0.15) is 0 Å². The van der Waals surface area contributed by atoms with Gasteiger partial charge in [0.2, 0.25) is 0 Å². The molecule has 0 unspecified atom stereocenters. The van der Waals surface area contributed by atoms with Crippen molar-refractivity contribution in [2.45, 2.75) is 6.42 Å². The average Bonchev–Trinajstić information content (AvgIpc) is 3.41. The first-order valence-corrected chi connectivity index (χ1v) is 9.39. The summed E-state index contributed by atoms with van der Waals surface area (Å²) in [6.45, 7) is 0. The van der Waals surface area contributed by atoms with Crippen LogP contribution in [0.4, 0.5) is 5.13 Å². The van der Waals surface area contributed by atoms with E-state index in [0.29, 0.717) is 28.4 Å². The predicted molar refractivity (Wildman–Crippen MR) is 108 cm³/mol. The van der Waals surface area contributed by atoms with Gasteiger partial charge in [0.05, 0.1) is 22.9 Å². The Labute approximate surface area is 165 Å². The number of para-hydroxylation sites is 1. The highest BCUT2D eigenvalue weighted by Gasteiger charge is 2.14. The molecule has 0 atom stereocenters. The largest absolute Gasteiger partial charge is 0.298 e. The molecule has 1 amide bonds. The molecule has 0 bridgehead atoms. The lowest BCUT2D eigenvalue weighted by atomic mass is 10.1. The Bertz CT molecular complexity index is 1140. The molecule has 1 N–H and O–H groups in total. The Hall–Kier alpha value is -3.76. The molecular formula is C21H15N5OS. The van der Waals surface area contributed by atoms with Gasteiger partial charge in [-0.25, -0.2) is 9.67 Å². The maximum absolute atomic E-state index is 12.8. The molecule has 0 aliphatic carbocycles. The van der Waals surface area contributed by atoms with Gasteiger partial charge in [0.25, 0.3) is 5.91 Å². The van der Waals surface area contributed by atoms with E-state index in [1.165, 1.54) is 11.3 Å². The van der Waals surface area contributed by atoms with Gasteiger partial charge in [-0.2, -0.15) is 10.4 Å². The van der Waals surface area contributed by atoms with Crippen LogP contribution in [0, 0.1) is 11.3 Å². The highest BCUT2D eigenvalue weighted by molar-refractivity contribution is 7.15. The fourth-order valence-corrected chi connectivity index (χ4v) is 3.63. The lowest BCUT2D eigenvalue weighted by molar-refractivity contribution is 0.102. The van der Waals surface area contributed by atoms with E-state index < -0.39 is 0 Å². The van der Waals surface area contributed by atoms with Crippen molar-refractivity contribution in [3.05, 3.63) is 94.8 Å². The summed E-state index contributed by atoms with van der Waals surface area (Å²) in [6.07, 6.45) is 5.93. The van der Waals surface area contributed by atoms with E-state index in [-0.39, 0.29) is 5.91 Å². The van der Waals surface area contributed by atoms with Crippen molar-refractivity contribution in [2.24, 2.45) is 0 Å². The van der Waals surface area contributed by atoms with Gasteiger partial charge in [-0.05, 0) is 35.9 Å². The summed E-state index contributed by atoms with van der Waals surface area (Å²) in [4.78, 5) is 18.1. The number of nitriles is 1. The van der Waals surface area contributed by atoms with Crippen LogP contribution in [-0.4, -0.2) is 20.7 Å². The van der Waals surface area contributed by atoms with Crippen LogP contribution in [-0.2, 0) is 6.42 Å². The van der Waals surface area contributed by atoms with Crippen LogP contribution in [0.3, 0.4) is 0 Å². The number of hydrogen-bond donors (Lipinski definition) is 1. The molecule has 0 saturated heterocycles. The minimum absolute atomic E-state index is 0.231. The molecule has 28 heavy (non-hydrogen) atoms. The molecule has 136 valence electrons. The molecule has 4 aromatic rings. The zero-order chi connectivity index (χ0) is 19.3. The van der Waals surface area contributed by atoms with Crippen LogP contribution in [0.25, 0.3) is 5.69 Å². The Morgan fingerprint density at radius 1 is 1.14 bits per heavy atom. The number of hydrogen-bond acceptors (Lipinski definition) is 5. The molecule has 0 saturated carbocycles. The van der Waals surface area contributed by atoms with E-state index in [4.69, 9.17) is 5.26 Å². The van der Waals surface area contributed by atoms with Gasteiger partial charge < -0.3 is 0 Å². The lowest BCUT2D eigenvalue weighted by Crippen LogP contribution is -2.15. The lowest BCUT2D eigenvalue weighted by Gasteiger charge is -2.08. The fourth-order valence-electron chi connectivity index (χ4n) is 2.79. The third kappa shape index (κ3) is 3.82. The van der Waals surface area contributed by atoms with Gasteiger partial charge >= 0.3 is 0 Å². The van der Waals surface area contributed by atoms with Crippen LogP contribution >= 0.6 is 11.3 Å². The Morgan fingerprint density at radius 2 is 1.96 bits per heavy atom. The number of amides is 1. The van der Waals surface area contributed by atoms with Crippen molar-refractivity contribution in [3.63, 3.8) is 0 Å². The number of carbonyl (C=O) groups excluding carboxylic acids is 1. The van der Waals surface area contributed by atoms with E-state index >= 15 is 0 Å². The van der Waals surface area contributed by atoms with E-state index in [0.717, 1.165) is 10.4 Å². The molecule has 0 aliphatic rings. The Kier molecular flexibility index (Phi) is 4.95. The normalized spacial score (nSPS) is 10.4. The average molecular weight is 385 g/mol. The number of nitrogens with one attached hydrogen (secondary N) is 1. The number of nitrogens with zero attached hydrogens (tertiary/aromatic N) is 4. The second kappa shape index (κ2) is 7.86. The van der Waals surface area contributed by atoms with Crippen molar-refractivity contribution in [1.82, 2.24) is 14.8 Å². The van der Waals surface area contributed by atoms with Crippen LogP contribution in [0.1, 0.15) is 26.4 Å². The van der Waals surface area contributed by atoms with Gasteiger partial charge in [-0.3, -0.25) is 10.1 Å². The smallest absolute Gasteiger partial charge is 0.259 e. The van der Waals surface area contributed by atoms with Crippen molar-refractivity contribution < 1.29 is 4.79 Å². The van der Waals surface area contributed by atoms with E-state index in [1.54, 1.807) is 41.5 Å². The molecule has 0 radical (unpaired) electrons. The maximum atomic E-state index is 12.8. The summed E-state index contributed by atoms with van der Waals surface area (Å²) in [5, 5.41) is 16.5. The van der Waals surface area contributed by atoms with Gasteiger partial charge in [-0.1, -0.05) is 24.3 Å². The second-order valence-corrected chi connectivity index (χ2v) is 7.15. The number of thiazole rings is 1. The first-order chi connectivity index (χ1) is 13.7. The standard InChI is InChI=1S/C21H15N5OS/c22-13-16-8-6-15(7-9-16)12-17-14-23-21(28-17)25-20(27)18-4-1-2-5-19(18)26-11-3-10-24-26/h1-11,14H,12H2,(H,23,25,27). The van der Waals surface area contributed by atoms with Crippen molar-refractivity contribution >= 4 is 22.4 Å². The summed E-state index contributed by atoms with van der Waals surface area (Å²) in [5.74, 6) is -0.231. The second-order valence-electron chi connectivity index (χ2n) is 6.04. The number of aromatic nitrogens is 3. The Balaban J connectivity index is 1.48. The SMILES string of the molecule is N#Cc1ccc(Cc2cnc(NC(=O)c3ccccc3-n3cccn3)s2)cc1. The highest BCUT2D eigenvalue weighted by Crippen LogP contribution is 2.23. The molecule has 6 nitrogen and oxygen atoms in total. The molecule has 2 aromatic carbocycles. The van der Waals surface area contributed by atoms with Gasteiger partial charge in [-0.15, -0.1) is 11.3 Å². The molecule has 2 heterocycles. The summed E-state index contributed by atoms with van der Waals surface area (Å²) in [5.41, 5.74) is 2.95. The first kappa shape index (κ1) is 17.6. The van der Waals surface area contributed by atoms with Crippen LogP contribution in [0.5, 0.6) is 0 Å². The fraction of sp³-hybridized carbons (Fsp3) is 0.0476. The van der Waals surface area contributed by atoms with Crippen LogP contribution in [0.15, 0.2) is 73.2 Å². The highest BCUT2D eigenvalue weighted by atomic mass is 32.1. The summed E-state index contributed by atoms with van der Waals surface area (Å²) in [6, 6.07) is 18.7. The van der Waals surface area contributed by atoms with Crippen molar-refractivity contribution in [1.29, 1.82) is 5.26 Å². The number of anilines is 1. The van der Waals surface area contributed by atoms with Crippen LogP contribution in [0.2, 0.25) is 0 Å². The molecule has 7 heteroatoms. The maximum Gasteiger partial charge on any atom is 0.259 e. The van der Waals surface area contributed by atoms with Crippen molar-refractivity contribution in [2.75, 3.05) is 5.32 Å².